The number of aliphatic hydroxyl groups excluding tert-OH is 1. The molecule has 0 spiro atoms. The third kappa shape index (κ3) is 2.39. The van der Waals surface area contributed by atoms with Crippen LogP contribution in [0.4, 0.5) is 11.4 Å². The lowest BCUT2D eigenvalue weighted by molar-refractivity contribution is 0.265. The lowest BCUT2D eigenvalue weighted by Gasteiger charge is -2.30. The van der Waals surface area contributed by atoms with Crippen LogP contribution in [-0.4, -0.2) is 30.3 Å². The molecule has 1 aliphatic heterocycles. The van der Waals surface area contributed by atoms with E-state index in [0.29, 0.717) is 5.69 Å². The number of aliphatic hydroxyl groups is 1. The van der Waals surface area contributed by atoms with E-state index in [1.807, 2.05) is 24.3 Å². The number of nitrogen functional groups attached to an aromatic ring is 1. The summed E-state index contributed by atoms with van der Waals surface area (Å²) in [5.41, 5.74) is 7.35. The summed E-state index contributed by atoms with van der Waals surface area (Å²) in [6.45, 7) is 0.362. The van der Waals surface area contributed by atoms with Crippen LogP contribution >= 0.6 is 0 Å². The molecule has 5 nitrogen and oxygen atoms in total. The number of nitrogens with two attached hydrogens (primary N) is 1. The molecular weight excluding hydrogens is 218 g/mol. The van der Waals surface area contributed by atoms with E-state index in [1.54, 1.807) is 0 Å². The molecule has 0 aliphatic carbocycles. The second-order valence-electron chi connectivity index (χ2n) is 4.38. The summed E-state index contributed by atoms with van der Waals surface area (Å²) in [5, 5.41) is 12.3. The number of anilines is 2. The van der Waals surface area contributed by atoms with Crippen LogP contribution in [0.3, 0.4) is 0 Å². The summed E-state index contributed by atoms with van der Waals surface area (Å²) in [7, 11) is 0. The SMILES string of the molecule is Nc1ccc(N2C(CO)CCC2CN=O)cc1. The standard InChI is InChI=1S/C12H17N3O2/c13-9-1-3-10(4-2-9)15-11(7-14-17)5-6-12(15)8-16/h1-4,11-12,16H,5-8,13H2. The van der Waals surface area contributed by atoms with E-state index in [4.69, 9.17) is 5.73 Å². The first-order valence-corrected chi connectivity index (χ1v) is 5.80. The van der Waals surface area contributed by atoms with Gasteiger partial charge in [-0.1, -0.05) is 5.18 Å². The number of nitroso groups, excluding NO2 is 1. The molecule has 1 fully saturated rings. The van der Waals surface area contributed by atoms with Crippen molar-refractivity contribution in [2.45, 2.75) is 24.9 Å². The molecule has 3 N–H and O–H groups in total. The summed E-state index contributed by atoms with van der Waals surface area (Å²) < 4.78 is 0. The normalized spacial score (nSPS) is 23.9. The first-order chi connectivity index (χ1) is 8.26. The molecule has 2 unspecified atom stereocenters. The van der Waals surface area contributed by atoms with Gasteiger partial charge in [0.25, 0.3) is 0 Å². The molecule has 92 valence electrons. The number of benzene rings is 1. The van der Waals surface area contributed by atoms with Gasteiger partial charge < -0.3 is 15.7 Å². The predicted molar refractivity (Wildman–Crippen MR) is 67.9 cm³/mol. The van der Waals surface area contributed by atoms with E-state index in [1.165, 1.54) is 0 Å². The quantitative estimate of drug-likeness (QED) is 0.610. The van der Waals surface area contributed by atoms with Gasteiger partial charge >= 0.3 is 0 Å². The second kappa shape index (κ2) is 5.14. The van der Waals surface area contributed by atoms with Gasteiger partial charge in [0, 0.05) is 11.4 Å². The average Bonchev–Trinajstić information content (AvgIpc) is 2.74. The topological polar surface area (TPSA) is 78.9 Å². The number of rotatable bonds is 4. The van der Waals surface area contributed by atoms with Crippen LogP contribution in [0.15, 0.2) is 29.4 Å². The summed E-state index contributed by atoms with van der Waals surface area (Å²) >= 11 is 0. The molecule has 5 heteroatoms. The van der Waals surface area contributed by atoms with Crippen molar-refractivity contribution in [2.24, 2.45) is 5.18 Å². The van der Waals surface area contributed by atoms with Gasteiger partial charge in [0.05, 0.1) is 18.7 Å². The first-order valence-electron chi connectivity index (χ1n) is 5.80. The van der Waals surface area contributed by atoms with Gasteiger partial charge in [0.2, 0.25) is 0 Å². The minimum atomic E-state index is 0.0744. The minimum absolute atomic E-state index is 0.0744. The summed E-state index contributed by atoms with van der Waals surface area (Å²) in [6, 6.07) is 7.65. The van der Waals surface area contributed by atoms with Crippen molar-refractivity contribution in [1.29, 1.82) is 0 Å². The Morgan fingerprint density at radius 1 is 1.29 bits per heavy atom. The van der Waals surface area contributed by atoms with Crippen molar-refractivity contribution in [3.63, 3.8) is 0 Å². The van der Waals surface area contributed by atoms with Gasteiger partial charge in [-0.05, 0) is 37.1 Å². The highest BCUT2D eigenvalue weighted by Gasteiger charge is 2.33. The lowest BCUT2D eigenvalue weighted by atomic mass is 10.2. The van der Waals surface area contributed by atoms with E-state index in [9.17, 15) is 10.0 Å². The van der Waals surface area contributed by atoms with Crippen LogP contribution in [0, 0.1) is 4.91 Å². The van der Waals surface area contributed by atoms with Crippen molar-refractivity contribution < 1.29 is 5.11 Å². The highest BCUT2D eigenvalue weighted by Crippen LogP contribution is 2.31. The summed E-state index contributed by atoms with van der Waals surface area (Å²) in [4.78, 5) is 12.5. The fourth-order valence-corrected chi connectivity index (χ4v) is 2.47. The number of hydrogen-bond donors (Lipinski definition) is 2. The molecule has 1 aromatic rings. The van der Waals surface area contributed by atoms with Crippen LogP contribution < -0.4 is 10.6 Å². The predicted octanol–water partition coefficient (Wildman–Crippen LogP) is 1.36. The van der Waals surface area contributed by atoms with Crippen molar-refractivity contribution in [1.82, 2.24) is 0 Å². The van der Waals surface area contributed by atoms with Gasteiger partial charge in [-0.25, -0.2) is 0 Å². The number of nitrogens with zero attached hydrogens (tertiary/aromatic N) is 2. The van der Waals surface area contributed by atoms with Crippen LogP contribution in [0.2, 0.25) is 0 Å². The van der Waals surface area contributed by atoms with Crippen LogP contribution in [0.1, 0.15) is 12.8 Å². The van der Waals surface area contributed by atoms with E-state index in [0.717, 1.165) is 18.5 Å². The Kier molecular flexibility index (Phi) is 3.58. The molecule has 1 heterocycles. The van der Waals surface area contributed by atoms with Gasteiger partial charge in [-0.3, -0.25) is 0 Å². The minimum Gasteiger partial charge on any atom is -0.399 e. The van der Waals surface area contributed by atoms with E-state index in [-0.39, 0.29) is 25.2 Å². The maximum Gasteiger partial charge on any atom is 0.101 e. The molecule has 1 aromatic carbocycles. The Balaban J connectivity index is 2.24. The zero-order chi connectivity index (χ0) is 12.3. The van der Waals surface area contributed by atoms with Crippen molar-refractivity contribution >= 4 is 11.4 Å². The Morgan fingerprint density at radius 3 is 2.53 bits per heavy atom. The van der Waals surface area contributed by atoms with Gasteiger partial charge in [0.1, 0.15) is 6.54 Å². The van der Waals surface area contributed by atoms with E-state index >= 15 is 0 Å². The lowest BCUT2D eigenvalue weighted by Crippen LogP contribution is -2.39. The molecule has 2 atom stereocenters. The third-order valence-corrected chi connectivity index (χ3v) is 3.31. The maximum atomic E-state index is 10.4. The average molecular weight is 235 g/mol. The highest BCUT2D eigenvalue weighted by atomic mass is 16.3. The summed E-state index contributed by atoms with van der Waals surface area (Å²) in [5.74, 6) is 0. The van der Waals surface area contributed by atoms with Crippen molar-refractivity contribution in [2.75, 3.05) is 23.8 Å². The Labute approximate surface area is 100 Å². The Hall–Kier alpha value is -1.62. The number of hydrogen-bond acceptors (Lipinski definition) is 5. The molecule has 1 aliphatic rings. The Bertz CT molecular complexity index is 380. The fourth-order valence-electron chi connectivity index (χ4n) is 2.47. The van der Waals surface area contributed by atoms with Crippen molar-refractivity contribution in [3.05, 3.63) is 29.2 Å². The molecule has 2 rings (SSSR count). The second-order valence-corrected chi connectivity index (χ2v) is 4.38. The smallest absolute Gasteiger partial charge is 0.101 e. The van der Waals surface area contributed by atoms with Crippen molar-refractivity contribution in [3.8, 4) is 0 Å². The summed E-state index contributed by atoms with van der Waals surface area (Å²) in [6.07, 6.45) is 1.78. The molecule has 0 amide bonds. The highest BCUT2D eigenvalue weighted by molar-refractivity contribution is 5.55. The molecule has 0 bridgehead atoms. The molecule has 1 saturated heterocycles. The molecule has 0 saturated carbocycles. The first kappa shape index (κ1) is 11.9. The monoisotopic (exact) mass is 235 g/mol. The Morgan fingerprint density at radius 2 is 1.94 bits per heavy atom. The van der Waals surface area contributed by atoms with Gasteiger partial charge in [-0.2, -0.15) is 4.91 Å². The molecule has 17 heavy (non-hydrogen) atoms. The fraction of sp³-hybridized carbons (Fsp3) is 0.500. The van der Waals surface area contributed by atoms with Gasteiger partial charge in [0.15, 0.2) is 0 Å². The molecular formula is C12H17N3O2. The largest absolute Gasteiger partial charge is 0.399 e. The molecule has 0 aromatic heterocycles. The van der Waals surface area contributed by atoms with Crippen LogP contribution in [-0.2, 0) is 0 Å². The van der Waals surface area contributed by atoms with Gasteiger partial charge in [-0.15, -0.1) is 0 Å². The van der Waals surface area contributed by atoms with E-state index in [2.05, 4.69) is 10.1 Å². The zero-order valence-corrected chi connectivity index (χ0v) is 9.62. The maximum absolute atomic E-state index is 10.4. The van der Waals surface area contributed by atoms with E-state index < -0.39 is 0 Å². The van der Waals surface area contributed by atoms with Crippen LogP contribution in [0.5, 0.6) is 0 Å². The molecule has 0 radical (unpaired) electrons. The zero-order valence-electron chi connectivity index (χ0n) is 9.62. The van der Waals surface area contributed by atoms with Crippen LogP contribution in [0.25, 0.3) is 0 Å². The third-order valence-electron chi connectivity index (χ3n) is 3.31.